The number of nitrogens with zero attached hydrogens (tertiary/aromatic N) is 3. The van der Waals surface area contributed by atoms with Crippen molar-refractivity contribution in [3.8, 4) is 17.3 Å². The summed E-state index contributed by atoms with van der Waals surface area (Å²) in [6, 6.07) is 9.92. The minimum Gasteiger partial charge on any atom is -0.481 e. The predicted molar refractivity (Wildman–Crippen MR) is 97.6 cm³/mol. The lowest BCUT2D eigenvalue weighted by Crippen LogP contribution is -2.39. The van der Waals surface area contributed by atoms with Gasteiger partial charge in [-0.1, -0.05) is 12.1 Å². The van der Waals surface area contributed by atoms with E-state index in [1.54, 1.807) is 23.5 Å². The van der Waals surface area contributed by atoms with E-state index in [2.05, 4.69) is 21.3 Å². The molecule has 1 aromatic heterocycles. The molecule has 0 saturated carbocycles. The van der Waals surface area contributed by atoms with Crippen LogP contribution in [0.5, 0.6) is 0 Å². The number of aliphatic carboxylic acids is 1. The Labute approximate surface area is 150 Å². The summed E-state index contributed by atoms with van der Waals surface area (Å²) in [5.41, 5.74) is 2.56. The molecule has 1 fully saturated rings. The second-order valence-corrected chi connectivity index (χ2v) is 6.99. The first-order valence-corrected chi connectivity index (χ1v) is 9.19. The second-order valence-electron chi connectivity index (χ2n) is 6.13. The minimum absolute atomic E-state index is 0.207. The molecule has 0 spiro atoms. The molecule has 3 rings (SSSR count). The van der Waals surface area contributed by atoms with E-state index in [0.29, 0.717) is 18.2 Å². The first-order chi connectivity index (χ1) is 12.1. The van der Waals surface area contributed by atoms with Crippen molar-refractivity contribution in [2.45, 2.75) is 25.3 Å². The topological polar surface area (TPSA) is 89.2 Å². The maximum Gasteiger partial charge on any atom is 0.304 e. The zero-order chi connectivity index (χ0) is 17.6. The summed E-state index contributed by atoms with van der Waals surface area (Å²) < 4.78 is 0. The molecule has 0 amide bonds. The molecule has 0 radical (unpaired) electrons. The van der Waals surface area contributed by atoms with Crippen LogP contribution in [0.1, 0.15) is 24.8 Å². The Morgan fingerprint density at radius 3 is 2.72 bits per heavy atom. The summed E-state index contributed by atoms with van der Waals surface area (Å²) in [7, 11) is 0. The lowest BCUT2D eigenvalue weighted by atomic mass is 10.1. The molecular formula is C18H20N4O2S. The first kappa shape index (κ1) is 17.4. The number of aromatic nitrogens is 1. The monoisotopic (exact) mass is 356 g/mol. The van der Waals surface area contributed by atoms with Crippen molar-refractivity contribution in [1.82, 2.24) is 9.88 Å². The van der Waals surface area contributed by atoms with Crippen molar-refractivity contribution >= 4 is 22.4 Å². The van der Waals surface area contributed by atoms with Crippen molar-refractivity contribution in [1.29, 1.82) is 5.26 Å². The fourth-order valence-electron chi connectivity index (χ4n) is 2.92. The number of nitrogens with one attached hydrogen (secondary N) is 1. The Hall–Kier alpha value is -2.43. The van der Waals surface area contributed by atoms with Crippen molar-refractivity contribution < 1.29 is 9.90 Å². The molecule has 6 nitrogen and oxygen atoms in total. The van der Waals surface area contributed by atoms with Gasteiger partial charge in [0.25, 0.3) is 0 Å². The van der Waals surface area contributed by atoms with Crippen LogP contribution in [0.15, 0.2) is 29.6 Å². The number of hydrogen-bond acceptors (Lipinski definition) is 6. The number of anilines is 1. The predicted octanol–water partition coefficient (Wildman–Crippen LogP) is 3.03. The largest absolute Gasteiger partial charge is 0.481 e. The van der Waals surface area contributed by atoms with E-state index in [1.807, 2.05) is 17.5 Å². The molecule has 0 aliphatic carbocycles. The van der Waals surface area contributed by atoms with Crippen LogP contribution in [0.4, 0.5) is 5.13 Å². The lowest BCUT2D eigenvalue weighted by molar-refractivity contribution is -0.137. The number of rotatable bonds is 6. The highest BCUT2D eigenvalue weighted by Crippen LogP contribution is 2.26. The van der Waals surface area contributed by atoms with Gasteiger partial charge in [-0.15, -0.1) is 11.3 Å². The Morgan fingerprint density at radius 2 is 2.08 bits per heavy atom. The highest BCUT2D eigenvalue weighted by atomic mass is 32.1. The number of piperidine rings is 1. The van der Waals surface area contributed by atoms with Crippen LogP contribution in [0.2, 0.25) is 0 Å². The van der Waals surface area contributed by atoms with Gasteiger partial charge in [0.05, 0.1) is 23.7 Å². The van der Waals surface area contributed by atoms with Gasteiger partial charge in [-0.25, -0.2) is 4.98 Å². The van der Waals surface area contributed by atoms with Crippen LogP contribution in [0, 0.1) is 11.3 Å². The number of thiazole rings is 1. The number of likely N-dealkylation sites (tertiary alicyclic amines) is 1. The van der Waals surface area contributed by atoms with Gasteiger partial charge in [0.2, 0.25) is 0 Å². The van der Waals surface area contributed by atoms with Crippen molar-refractivity contribution in [2.24, 2.45) is 0 Å². The van der Waals surface area contributed by atoms with Gasteiger partial charge < -0.3 is 15.3 Å². The molecule has 130 valence electrons. The highest BCUT2D eigenvalue weighted by Gasteiger charge is 2.20. The van der Waals surface area contributed by atoms with Gasteiger partial charge in [-0.2, -0.15) is 5.26 Å². The van der Waals surface area contributed by atoms with E-state index in [1.165, 1.54) is 0 Å². The van der Waals surface area contributed by atoms with E-state index in [9.17, 15) is 4.79 Å². The first-order valence-electron chi connectivity index (χ1n) is 8.31. The Morgan fingerprint density at radius 1 is 1.36 bits per heavy atom. The third-order valence-corrected chi connectivity index (χ3v) is 5.14. The quantitative estimate of drug-likeness (QED) is 0.827. The van der Waals surface area contributed by atoms with Crippen LogP contribution in [0.25, 0.3) is 11.3 Å². The van der Waals surface area contributed by atoms with Crippen LogP contribution in [-0.4, -0.2) is 46.6 Å². The molecule has 0 atom stereocenters. The van der Waals surface area contributed by atoms with E-state index in [0.717, 1.165) is 42.3 Å². The van der Waals surface area contributed by atoms with E-state index < -0.39 is 5.97 Å². The maximum absolute atomic E-state index is 10.6. The molecule has 0 bridgehead atoms. The van der Waals surface area contributed by atoms with E-state index >= 15 is 0 Å². The van der Waals surface area contributed by atoms with E-state index in [-0.39, 0.29) is 6.42 Å². The van der Waals surface area contributed by atoms with Crippen molar-refractivity contribution in [3.05, 3.63) is 35.2 Å². The number of hydrogen-bond donors (Lipinski definition) is 2. The van der Waals surface area contributed by atoms with Crippen LogP contribution in [-0.2, 0) is 4.79 Å². The molecule has 25 heavy (non-hydrogen) atoms. The molecule has 1 aliphatic rings. The smallest absolute Gasteiger partial charge is 0.304 e. The van der Waals surface area contributed by atoms with E-state index in [4.69, 9.17) is 10.4 Å². The van der Waals surface area contributed by atoms with Crippen LogP contribution >= 0.6 is 11.3 Å². The average Bonchev–Trinajstić information content (AvgIpc) is 3.09. The number of carboxylic acids is 1. The van der Waals surface area contributed by atoms with Crippen LogP contribution < -0.4 is 5.32 Å². The van der Waals surface area contributed by atoms with Gasteiger partial charge >= 0.3 is 5.97 Å². The molecule has 1 aliphatic heterocycles. The van der Waals surface area contributed by atoms with Gasteiger partial charge in [0, 0.05) is 36.6 Å². The lowest BCUT2D eigenvalue weighted by Gasteiger charge is -2.31. The molecule has 1 aromatic carbocycles. The Bertz CT molecular complexity index is 758. The molecule has 0 unspecified atom stereocenters. The zero-order valence-corrected chi connectivity index (χ0v) is 14.6. The summed E-state index contributed by atoms with van der Waals surface area (Å²) in [5, 5.41) is 24.0. The van der Waals surface area contributed by atoms with Crippen molar-refractivity contribution in [3.63, 3.8) is 0 Å². The number of nitriles is 1. The summed E-state index contributed by atoms with van der Waals surface area (Å²) in [5.74, 6) is -0.738. The number of carboxylic acid groups (broad SMARTS) is 1. The number of benzene rings is 1. The fourth-order valence-corrected chi connectivity index (χ4v) is 3.72. The third kappa shape index (κ3) is 4.78. The molecule has 2 aromatic rings. The summed E-state index contributed by atoms with van der Waals surface area (Å²) in [6.07, 6.45) is 2.19. The molecule has 2 N–H and O–H groups in total. The SMILES string of the molecule is N#Cc1ccc(-c2csc(NC3CCN(CCC(=O)O)CC3)n2)cc1. The maximum atomic E-state index is 10.6. The third-order valence-electron chi connectivity index (χ3n) is 4.37. The average molecular weight is 356 g/mol. The summed E-state index contributed by atoms with van der Waals surface area (Å²) >= 11 is 1.58. The minimum atomic E-state index is -0.738. The standard InChI is InChI=1S/C18H20N4O2S/c19-11-13-1-3-14(4-2-13)16-12-25-18(21-16)20-15-5-8-22(9-6-15)10-7-17(23)24/h1-4,12,15H,5-10H2,(H,20,21)(H,23,24). The zero-order valence-electron chi connectivity index (χ0n) is 13.8. The van der Waals surface area contributed by atoms with Gasteiger partial charge in [-0.05, 0) is 25.0 Å². The molecule has 2 heterocycles. The van der Waals surface area contributed by atoms with Gasteiger partial charge in [-0.3, -0.25) is 4.79 Å². The summed E-state index contributed by atoms with van der Waals surface area (Å²) in [4.78, 5) is 17.5. The molecular weight excluding hydrogens is 336 g/mol. The Kier molecular flexibility index (Phi) is 5.64. The van der Waals surface area contributed by atoms with Gasteiger partial charge in [0.1, 0.15) is 0 Å². The van der Waals surface area contributed by atoms with Crippen LogP contribution in [0.3, 0.4) is 0 Å². The van der Waals surface area contributed by atoms with Crippen molar-refractivity contribution in [2.75, 3.05) is 25.0 Å². The highest BCUT2D eigenvalue weighted by molar-refractivity contribution is 7.14. The number of carbonyl (C=O) groups is 1. The van der Waals surface area contributed by atoms with Gasteiger partial charge in [0.15, 0.2) is 5.13 Å². The molecule has 1 saturated heterocycles. The Balaban J connectivity index is 1.52. The normalized spacial score (nSPS) is 15.6. The second kappa shape index (κ2) is 8.10. The fraction of sp³-hybridized carbons (Fsp3) is 0.389. The molecule has 7 heteroatoms. The summed E-state index contributed by atoms with van der Waals surface area (Å²) in [6.45, 7) is 2.46.